The quantitative estimate of drug-likeness (QED) is 0.0889. The second-order valence-electron chi connectivity index (χ2n) is 27.5. The first kappa shape index (κ1) is 80.2. The van der Waals surface area contributed by atoms with E-state index in [1.54, 1.807) is 36.9 Å². The van der Waals surface area contributed by atoms with E-state index in [-0.39, 0.29) is 71.6 Å². The summed E-state index contributed by atoms with van der Waals surface area (Å²) in [5.74, 6) is 3.35. The van der Waals surface area contributed by atoms with E-state index in [0.29, 0.717) is 76.0 Å². The summed E-state index contributed by atoms with van der Waals surface area (Å²) in [6.07, 6.45) is 13.1. The van der Waals surface area contributed by atoms with Gasteiger partial charge in [0, 0.05) is 66.8 Å². The van der Waals surface area contributed by atoms with Crippen molar-refractivity contribution in [1.82, 2.24) is 54.4 Å². The lowest BCUT2D eigenvalue weighted by molar-refractivity contribution is 0.00578. The van der Waals surface area contributed by atoms with Gasteiger partial charge in [-0.05, 0) is 236 Å². The highest BCUT2D eigenvalue weighted by Crippen LogP contribution is 2.43. The van der Waals surface area contributed by atoms with Crippen LogP contribution in [0.5, 0.6) is 11.5 Å². The summed E-state index contributed by atoms with van der Waals surface area (Å²) in [7, 11) is -2.36. The zero-order valence-corrected chi connectivity index (χ0v) is 65.3. The molecule has 29 heteroatoms. The van der Waals surface area contributed by atoms with Crippen molar-refractivity contribution in [1.29, 1.82) is 0 Å². The molecule has 102 heavy (non-hydrogen) atoms. The van der Waals surface area contributed by atoms with Crippen molar-refractivity contribution in [3.05, 3.63) is 177 Å². The highest BCUT2D eigenvalue weighted by molar-refractivity contribution is 14.1. The molecule has 0 saturated carbocycles. The minimum atomic E-state index is -1.41. The van der Waals surface area contributed by atoms with E-state index in [9.17, 15) is 9.59 Å². The van der Waals surface area contributed by atoms with Gasteiger partial charge in [0.1, 0.15) is 47.2 Å². The number of nitrogens with zero attached hydrogens (tertiary/aromatic N) is 11. The topological polar surface area (TPSA) is 280 Å². The third-order valence-corrected chi connectivity index (χ3v) is 19.6. The maximum atomic E-state index is 13.4. The number of rotatable bonds is 6. The van der Waals surface area contributed by atoms with Gasteiger partial charge in [-0.2, -0.15) is 13.5 Å². The second kappa shape index (κ2) is 35.3. The Bertz CT molecular complexity index is 4190. The fraction of sp³-hybridized carbons (Fsp3) is 0.411. The van der Waals surface area contributed by atoms with Gasteiger partial charge < -0.3 is 57.9 Å². The van der Waals surface area contributed by atoms with Gasteiger partial charge in [-0.3, -0.25) is 24.5 Å². The van der Waals surface area contributed by atoms with Gasteiger partial charge in [0.05, 0.1) is 46.7 Å². The monoisotopic (exact) mass is 1580 g/mol. The van der Waals surface area contributed by atoms with Crippen LogP contribution in [0, 0.1) is 15.4 Å². The largest absolute Gasteiger partial charge is 0.492 e. The molecule has 11 heterocycles. The predicted molar refractivity (Wildman–Crippen MR) is 416 cm³/mol. The Balaban J connectivity index is 0.000000175. The van der Waals surface area contributed by atoms with Crippen molar-refractivity contribution in [3.8, 4) is 45.7 Å². The standard InChI is InChI=1S/C27H28N6O2.C20H20IN5O2.C12H24B2O4.C7H10BNO2.C7H8BrN.H2S/c1-4-21-10-8-20(14-28-21)19-9-11-24-22(13-19)27(34)31-25-7-5-6-23(30-25)26-32-29-16-33(26)18(3)12-17(2)15-35-24;1-12-8-13(2)26-11-22-25-19(26)16-4-3-5-18(23-16)24-20(27)15-9-14(21)6-7-17(15)28-10-12;1-9(2)10(3,4)16-13(15-9)14-17-11(5,6)12(7,8)18-14;1-2-7-4-3-6(5-9-7)8(10)11;1-2-7-4-3-6(8)5-9-7;/h5-11,13-14,16-18H,4,12,15H2,1-3H3,(H,30,31,34);3-7,9,11-13H,8,10H2,1-2H3,(H,23,24,27);1-8H3;3-5,10-11H,2H2,1H3;3-5H,2H2,1H3;1H2/t17-,18+;12-,13+;;;;/m11..../s1. The van der Waals surface area contributed by atoms with Crippen molar-refractivity contribution in [2.75, 3.05) is 23.8 Å². The first-order valence-electron chi connectivity index (χ1n) is 34.1. The van der Waals surface area contributed by atoms with Crippen LogP contribution in [0.3, 0.4) is 0 Å². The molecule has 4 aliphatic heterocycles. The van der Waals surface area contributed by atoms with Crippen molar-refractivity contribution < 1.29 is 47.7 Å². The van der Waals surface area contributed by atoms with Gasteiger partial charge in [-0.15, -0.1) is 20.4 Å². The minimum Gasteiger partial charge on any atom is -0.492 e. The molecule has 4 bridgehead atoms. The number of hydrogen-bond acceptors (Lipinski definition) is 19. The number of hydrogen-bond donors (Lipinski definition) is 4. The Morgan fingerprint density at radius 1 is 0.559 bits per heavy atom. The molecule has 0 aliphatic carbocycles. The van der Waals surface area contributed by atoms with Crippen LogP contribution < -0.4 is 25.6 Å². The van der Waals surface area contributed by atoms with Gasteiger partial charge in [-0.1, -0.05) is 65.0 Å². The number of pyridine rings is 5. The van der Waals surface area contributed by atoms with Crippen molar-refractivity contribution in [2.45, 2.75) is 170 Å². The molecule has 2 amide bonds. The fourth-order valence-corrected chi connectivity index (χ4v) is 11.9. The zero-order chi connectivity index (χ0) is 73.0. The highest BCUT2D eigenvalue weighted by Gasteiger charge is 2.63. The summed E-state index contributed by atoms with van der Waals surface area (Å²) in [6.45, 7) is 31.9. The third kappa shape index (κ3) is 20.5. The van der Waals surface area contributed by atoms with Crippen molar-refractivity contribution in [3.63, 3.8) is 0 Å². The molecular weight excluding hydrogens is 1490 g/mol. The number of carbonyl (C=O) groups is 2. The van der Waals surface area contributed by atoms with Crippen LogP contribution in [-0.4, -0.2) is 133 Å². The normalized spacial score (nSPS) is 19.1. The molecule has 7 aromatic heterocycles. The van der Waals surface area contributed by atoms with E-state index in [0.717, 1.165) is 68.4 Å². The van der Waals surface area contributed by atoms with E-state index in [2.05, 4.69) is 136 Å². The van der Waals surface area contributed by atoms with Crippen molar-refractivity contribution >= 4 is 102 Å². The lowest BCUT2D eigenvalue weighted by Crippen LogP contribution is -2.41. The van der Waals surface area contributed by atoms with E-state index >= 15 is 0 Å². The average Bonchev–Trinajstić information content (AvgIpc) is 1.59. The van der Waals surface area contributed by atoms with Gasteiger partial charge in [-0.25, -0.2) is 9.97 Å². The van der Waals surface area contributed by atoms with Gasteiger partial charge in [0.15, 0.2) is 11.6 Å². The number of benzene rings is 2. The van der Waals surface area contributed by atoms with E-state index < -0.39 is 21.1 Å². The van der Waals surface area contributed by atoms with Crippen LogP contribution in [-0.2, 0) is 37.9 Å². The zero-order valence-electron chi connectivity index (χ0n) is 60.6. The Labute approximate surface area is 628 Å². The smallest absolute Gasteiger partial charge is 0.490 e. The highest BCUT2D eigenvalue weighted by atomic mass is 127. The minimum absolute atomic E-state index is 0. The molecule has 9 aromatic rings. The predicted octanol–water partition coefficient (Wildman–Crippen LogP) is 13.5. The molecule has 0 unspecified atom stereocenters. The van der Waals surface area contributed by atoms with E-state index in [1.807, 2.05) is 169 Å². The Morgan fingerprint density at radius 2 is 0.980 bits per heavy atom. The lowest BCUT2D eigenvalue weighted by Gasteiger charge is -2.32. The molecular formula is C73H92B3BrIN13O10S. The van der Waals surface area contributed by atoms with Crippen LogP contribution in [0.4, 0.5) is 11.6 Å². The first-order valence-corrected chi connectivity index (χ1v) is 36.0. The average molecular weight is 1580 g/mol. The fourth-order valence-electron chi connectivity index (χ4n) is 11.1. The Hall–Kier alpha value is -7.48. The first-order chi connectivity index (χ1) is 48.0. The van der Waals surface area contributed by atoms with Gasteiger partial charge >= 0.3 is 21.1 Å². The molecule has 2 saturated heterocycles. The Kier molecular flexibility index (Phi) is 27.8. The number of carbonyl (C=O) groups excluding carboxylic acids is 2. The number of amides is 2. The van der Waals surface area contributed by atoms with Crippen LogP contribution >= 0.6 is 52.0 Å². The van der Waals surface area contributed by atoms with Gasteiger partial charge in [0.2, 0.25) is 0 Å². The van der Waals surface area contributed by atoms with Crippen LogP contribution in [0.15, 0.2) is 145 Å². The lowest BCUT2D eigenvalue weighted by atomic mass is 9.49. The molecule has 0 radical (unpaired) electrons. The van der Waals surface area contributed by atoms with Crippen molar-refractivity contribution in [2.24, 2.45) is 11.8 Å². The number of fused-ring (bicyclic) bond motifs is 10. The van der Waals surface area contributed by atoms with Crippen LogP contribution in [0.1, 0.15) is 167 Å². The van der Waals surface area contributed by atoms with Crippen LogP contribution in [0.2, 0.25) is 0 Å². The number of nitrogens with one attached hydrogen (secondary N) is 2. The number of anilines is 2. The Morgan fingerprint density at radius 3 is 1.39 bits per heavy atom. The molecule has 2 aromatic carbocycles. The molecule has 4 N–H and O–H groups in total. The maximum absolute atomic E-state index is 13.4. The number of ether oxygens (including phenoxy) is 2. The maximum Gasteiger partial charge on any atom is 0.490 e. The number of aromatic nitrogens is 11. The molecule has 2 fully saturated rings. The van der Waals surface area contributed by atoms with E-state index in [4.69, 9.17) is 38.1 Å². The number of halogens is 2. The molecule has 4 aliphatic rings. The van der Waals surface area contributed by atoms with E-state index in [1.165, 1.54) is 6.20 Å². The summed E-state index contributed by atoms with van der Waals surface area (Å²) < 4.78 is 42.1. The number of aryl methyl sites for hydroxylation is 3. The molecule has 13 rings (SSSR count). The van der Waals surface area contributed by atoms with Crippen LogP contribution in [0.25, 0.3) is 34.2 Å². The summed E-state index contributed by atoms with van der Waals surface area (Å²) >= 11 is 5.50. The summed E-state index contributed by atoms with van der Waals surface area (Å²) in [5.41, 5.74) is 6.23. The molecule has 538 valence electrons. The second-order valence-corrected chi connectivity index (χ2v) is 29.6. The SMILES string of the molecule is CC1(C)OB(B2OC(C)(C)C(C)(C)O2)OC1(C)C.CCc1ccc(-c2ccc3c(c2)C(=O)Nc2cccc(n2)-c2nncn2[C@@H](C)C[C@@H](C)CO3)cn1.CCc1ccc(B(O)O)cn1.CCc1ccc(Br)cn1.C[C@H]1COc2ccc(I)cc2C(=O)Nc2cccc(n2)-c2nncn2[C@@H](C)C1.S. The molecule has 4 atom stereocenters. The summed E-state index contributed by atoms with van der Waals surface area (Å²) in [4.78, 5) is 48.2. The molecule has 0 spiro atoms. The summed E-state index contributed by atoms with van der Waals surface area (Å²) in [6, 6.07) is 34.1. The van der Waals surface area contributed by atoms with Gasteiger partial charge in [0.25, 0.3) is 11.8 Å². The summed E-state index contributed by atoms with van der Waals surface area (Å²) in [5, 5.41) is 39.9. The third-order valence-electron chi connectivity index (χ3n) is 18.4. The molecule has 23 nitrogen and oxygen atoms in total.